The molecule has 0 saturated carbocycles. The summed E-state index contributed by atoms with van der Waals surface area (Å²) in [5.74, 6) is 0.143. The van der Waals surface area contributed by atoms with Gasteiger partial charge in [0.2, 0.25) is 0 Å². The van der Waals surface area contributed by atoms with Gasteiger partial charge in [-0.25, -0.2) is 0 Å². The molecule has 6 N–H and O–H groups in total. The van der Waals surface area contributed by atoms with Crippen LogP contribution in [0.1, 0.15) is 24.5 Å². The first-order valence-corrected chi connectivity index (χ1v) is 9.66. The molecule has 0 saturated heterocycles. The lowest BCUT2D eigenvalue weighted by atomic mass is 10.1. The van der Waals surface area contributed by atoms with Gasteiger partial charge in [0.05, 0.1) is 0 Å². The second-order valence-electron chi connectivity index (χ2n) is 6.08. The van der Waals surface area contributed by atoms with Crippen LogP contribution in [0.15, 0.2) is 42.5 Å². The predicted octanol–water partition coefficient (Wildman–Crippen LogP) is 2.30. The molecule has 0 amide bonds. The highest BCUT2D eigenvalue weighted by Gasteiger charge is 2.04. The van der Waals surface area contributed by atoms with Crippen LogP contribution in [0, 0.1) is 0 Å². The molecule has 0 aliphatic heterocycles. The lowest BCUT2D eigenvalue weighted by Crippen LogP contribution is -2.28. The average molecular weight is 399 g/mol. The van der Waals surface area contributed by atoms with E-state index in [1.54, 1.807) is 18.2 Å². The Kier molecular flexibility index (Phi) is 9.03. The molecule has 0 aliphatic carbocycles. The number of aryl methyl sites for hydroxylation is 1. The maximum atomic E-state index is 9.45. The van der Waals surface area contributed by atoms with E-state index in [0.717, 1.165) is 31.4 Å². The molecule has 0 aromatic heterocycles. The van der Waals surface area contributed by atoms with E-state index in [4.69, 9.17) is 17.5 Å². The minimum absolute atomic E-state index is 0.0714. The number of nitrogens with one attached hydrogen (secondary N) is 1. The summed E-state index contributed by atoms with van der Waals surface area (Å²) in [4.78, 5) is 0. The molecule has 0 fully saturated rings. The molecule has 0 aliphatic rings. The van der Waals surface area contributed by atoms with Gasteiger partial charge in [-0.15, -0.1) is 0 Å². The summed E-state index contributed by atoms with van der Waals surface area (Å²) in [7, 11) is -4.67. The largest absolute Gasteiger partial charge is 0.508 e. The molecule has 2 aromatic rings. The van der Waals surface area contributed by atoms with Gasteiger partial charge in [-0.2, -0.15) is 8.42 Å². The molecule has 8 nitrogen and oxygen atoms in total. The smallest absolute Gasteiger partial charge is 0.394 e. The van der Waals surface area contributed by atoms with Crippen molar-refractivity contribution >= 4 is 10.4 Å². The zero-order valence-corrected chi connectivity index (χ0v) is 15.7. The molecule has 0 bridgehead atoms. The first-order valence-electron chi connectivity index (χ1n) is 8.26. The van der Waals surface area contributed by atoms with Gasteiger partial charge in [0.25, 0.3) is 0 Å². The number of rotatable bonds is 7. The lowest BCUT2D eigenvalue weighted by Gasteiger charge is -2.14. The van der Waals surface area contributed by atoms with Crippen LogP contribution in [0.5, 0.6) is 17.2 Å². The lowest BCUT2D eigenvalue weighted by molar-refractivity contribution is 0.381. The Morgan fingerprint density at radius 3 is 2.00 bits per heavy atom. The van der Waals surface area contributed by atoms with Crippen molar-refractivity contribution in [3.63, 3.8) is 0 Å². The van der Waals surface area contributed by atoms with Crippen molar-refractivity contribution in [1.82, 2.24) is 5.32 Å². The summed E-state index contributed by atoms with van der Waals surface area (Å²) >= 11 is 0. The van der Waals surface area contributed by atoms with Crippen LogP contribution >= 0.6 is 0 Å². The molecule has 0 radical (unpaired) electrons. The van der Waals surface area contributed by atoms with Gasteiger partial charge in [-0.3, -0.25) is 9.11 Å². The Morgan fingerprint density at radius 1 is 0.889 bits per heavy atom. The van der Waals surface area contributed by atoms with Gasteiger partial charge in [0.15, 0.2) is 11.5 Å². The summed E-state index contributed by atoms with van der Waals surface area (Å²) in [5, 5.41) is 31.4. The van der Waals surface area contributed by atoms with Gasteiger partial charge in [-0.1, -0.05) is 18.2 Å². The third kappa shape index (κ3) is 11.1. The van der Waals surface area contributed by atoms with Crippen molar-refractivity contribution in [2.75, 3.05) is 6.54 Å². The Balaban J connectivity index is 0.000000646. The molecule has 0 spiro atoms. The molecule has 1 unspecified atom stereocenters. The van der Waals surface area contributed by atoms with Crippen molar-refractivity contribution in [2.24, 2.45) is 0 Å². The van der Waals surface area contributed by atoms with Crippen LogP contribution in [0.25, 0.3) is 0 Å². The minimum atomic E-state index is -4.67. The number of aromatic hydroxyl groups is 3. The van der Waals surface area contributed by atoms with Crippen molar-refractivity contribution in [2.45, 2.75) is 32.2 Å². The molecule has 9 heteroatoms. The van der Waals surface area contributed by atoms with E-state index >= 15 is 0 Å². The van der Waals surface area contributed by atoms with E-state index in [2.05, 4.69) is 12.2 Å². The first kappa shape index (κ1) is 22.7. The fraction of sp³-hybridized carbons (Fsp3) is 0.333. The Morgan fingerprint density at radius 2 is 1.44 bits per heavy atom. The SMILES string of the molecule is CC(CCc1ccc(O)cc1)NCCc1ccc(O)c(O)c1.O=S(=O)(O)O. The van der Waals surface area contributed by atoms with Crippen molar-refractivity contribution in [3.05, 3.63) is 53.6 Å². The van der Waals surface area contributed by atoms with Crippen LogP contribution in [-0.4, -0.2) is 45.4 Å². The summed E-state index contributed by atoms with van der Waals surface area (Å²) in [6.45, 7) is 2.97. The normalized spacial score (nSPS) is 12.1. The fourth-order valence-corrected chi connectivity index (χ4v) is 2.34. The molecule has 27 heavy (non-hydrogen) atoms. The minimum Gasteiger partial charge on any atom is -0.508 e. The average Bonchev–Trinajstić information content (AvgIpc) is 2.56. The molecule has 2 rings (SSSR count). The Bertz CT molecular complexity index is 799. The molecule has 150 valence electrons. The maximum absolute atomic E-state index is 9.45. The zero-order chi connectivity index (χ0) is 20.4. The number of phenols is 3. The standard InChI is InChI=1S/C18H23NO3.H2O4S/c1-13(2-3-14-4-7-16(20)8-5-14)19-11-10-15-6-9-17(21)18(22)12-15;1-5(2,3)4/h4-9,12-13,19-22H,2-3,10-11H2,1H3;(H2,1,2,3,4). The molecular weight excluding hydrogens is 374 g/mol. The quantitative estimate of drug-likeness (QED) is 0.307. The summed E-state index contributed by atoms with van der Waals surface area (Å²) in [6.07, 6.45) is 2.79. The highest BCUT2D eigenvalue weighted by molar-refractivity contribution is 7.79. The van der Waals surface area contributed by atoms with Gasteiger partial charge >= 0.3 is 10.4 Å². The third-order valence-corrected chi connectivity index (χ3v) is 3.75. The number of hydrogen-bond acceptors (Lipinski definition) is 6. The topological polar surface area (TPSA) is 147 Å². The zero-order valence-electron chi connectivity index (χ0n) is 14.9. The van der Waals surface area contributed by atoms with E-state index < -0.39 is 10.4 Å². The summed E-state index contributed by atoms with van der Waals surface area (Å²) in [5.41, 5.74) is 2.21. The molecule has 1 atom stereocenters. The highest BCUT2D eigenvalue weighted by atomic mass is 32.3. The number of hydrogen-bond donors (Lipinski definition) is 6. The van der Waals surface area contributed by atoms with Gasteiger partial charge in [0.1, 0.15) is 5.75 Å². The van der Waals surface area contributed by atoms with E-state index in [9.17, 15) is 15.3 Å². The predicted molar refractivity (Wildman–Crippen MR) is 102 cm³/mol. The fourth-order valence-electron chi connectivity index (χ4n) is 2.34. The molecular formula is C18H25NO7S. The van der Waals surface area contributed by atoms with Crippen molar-refractivity contribution in [1.29, 1.82) is 0 Å². The second-order valence-corrected chi connectivity index (χ2v) is 6.98. The Labute approximate surface area is 158 Å². The molecule has 0 heterocycles. The second kappa shape index (κ2) is 10.7. The van der Waals surface area contributed by atoms with Crippen LogP contribution in [-0.2, 0) is 23.2 Å². The van der Waals surface area contributed by atoms with E-state index in [0.29, 0.717) is 11.8 Å². The third-order valence-electron chi connectivity index (χ3n) is 3.75. The van der Waals surface area contributed by atoms with E-state index in [-0.39, 0.29) is 11.5 Å². The van der Waals surface area contributed by atoms with Gasteiger partial charge in [-0.05, 0) is 68.1 Å². The monoisotopic (exact) mass is 399 g/mol. The number of benzene rings is 2. The van der Waals surface area contributed by atoms with Crippen molar-refractivity contribution in [3.8, 4) is 17.2 Å². The van der Waals surface area contributed by atoms with Crippen LogP contribution < -0.4 is 5.32 Å². The van der Waals surface area contributed by atoms with Crippen LogP contribution in [0.3, 0.4) is 0 Å². The van der Waals surface area contributed by atoms with Gasteiger partial charge < -0.3 is 20.6 Å². The van der Waals surface area contributed by atoms with Gasteiger partial charge in [0, 0.05) is 6.04 Å². The van der Waals surface area contributed by atoms with E-state index in [1.807, 2.05) is 18.2 Å². The van der Waals surface area contributed by atoms with Crippen LogP contribution in [0.4, 0.5) is 0 Å². The summed E-state index contributed by atoms with van der Waals surface area (Å²) < 4.78 is 31.6. The van der Waals surface area contributed by atoms with Crippen LogP contribution in [0.2, 0.25) is 0 Å². The molecule has 2 aromatic carbocycles. The Hall–Kier alpha value is -2.33. The summed E-state index contributed by atoms with van der Waals surface area (Å²) in [6, 6.07) is 12.6. The highest BCUT2D eigenvalue weighted by Crippen LogP contribution is 2.24. The maximum Gasteiger partial charge on any atom is 0.394 e. The van der Waals surface area contributed by atoms with Crippen molar-refractivity contribution < 1.29 is 32.8 Å². The first-order chi connectivity index (χ1) is 12.5. The number of phenolic OH excluding ortho intramolecular Hbond substituents is 3. The van der Waals surface area contributed by atoms with E-state index in [1.165, 1.54) is 11.6 Å².